The molecule has 2 N–H and O–H groups in total. The molecule has 4 nitrogen and oxygen atoms in total. The highest BCUT2D eigenvalue weighted by molar-refractivity contribution is 7.11. The van der Waals surface area contributed by atoms with E-state index in [2.05, 4.69) is 41.4 Å². The minimum absolute atomic E-state index is 0.835. The number of guanidine groups is 1. The topological polar surface area (TPSA) is 49.3 Å². The fourth-order valence-corrected chi connectivity index (χ4v) is 2.90. The van der Waals surface area contributed by atoms with E-state index in [0.717, 1.165) is 42.9 Å². The first-order valence-corrected chi connectivity index (χ1v) is 7.95. The summed E-state index contributed by atoms with van der Waals surface area (Å²) in [6, 6.07) is 0. The summed E-state index contributed by atoms with van der Waals surface area (Å²) < 4.78 is 0. The van der Waals surface area contributed by atoms with Crippen LogP contribution in [0.5, 0.6) is 0 Å². The molecule has 5 heteroatoms. The van der Waals surface area contributed by atoms with Crippen LogP contribution in [-0.2, 0) is 6.42 Å². The molecule has 1 saturated carbocycles. The summed E-state index contributed by atoms with van der Waals surface area (Å²) in [6.07, 6.45) is 3.72. The average Bonchev–Trinajstić information content (AvgIpc) is 3.13. The van der Waals surface area contributed by atoms with E-state index in [9.17, 15) is 0 Å². The number of hydrogen-bond acceptors (Lipinski definition) is 3. The Kier molecular flexibility index (Phi) is 5.19. The smallest absolute Gasteiger partial charge is 0.191 e. The van der Waals surface area contributed by atoms with Gasteiger partial charge in [0.15, 0.2) is 5.96 Å². The quantitative estimate of drug-likeness (QED) is 0.621. The third-order valence-corrected chi connectivity index (χ3v) is 4.33. The molecular weight excluding hydrogens is 256 g/mol. The van der Waals surface area contributed by atoms with Gasteiger partial charge >= 0.3 is 0 Å². The summed E-state index contributed by atoms with van der Waals surface area (Å²) >= 11 is 1.80. The third-order valence-electron chi connectivity index (χ3n) is 3.19. The van der Waals surface area contributed by atoms with Gasteiger partial charge in [0.25, 0.3) is 0 Å². The van der Waals surface area contributed by atoms with E-state index in [1.807, 2.05) is 0 Å². The Morgan fingerprint density at radius 2 is 2.16 bits per heavy atom. The van der Waals surface area contributed by atoms with Crippen molar-refractivity contribution >= 4 is 17.3 Å². The van der Waals surface area contributed by atoms with Crippen molar-refractivity contribution in [1.82, 2.24) is 15.6 Å². The minimum atomic E-state index is 0.835. The van der Waals surface area contributed by atoms with Gasteiger partial charge in [0.05, 0.1) is 10.7 Å². The van der Waals surface area contributed by atoms with Crippen LogP contribution in [0.3, 0.4) is 0 Å². The van der Waals surface area contributed by atoms with Gasteiger partial charge in [-0.3, -0.25) is 4.99 Å². The largest absolute Gasteiger partial charge is 0.357 e. The van der Waals surface area contributed by atoms with Gasteiger partial charge in [-0.05, 0) is 39.5 Å². The fraction of sp³-hybridized carbons (Fsp3) is 0.714. The monoisotopic (exact) mass is 280 g/mol. The van der Waals surface area contributed by atoms with Gasteiger partial charge < -0.3 is 10.6 Å². The van der Waals surface area contributed by atoms with E-state index >= 15 is 0 Å². The molecule has 2 rings (SSSR count). The van der Waals surface area contributed by atoms with Crippen molar-refractivity contribution in [2.45, 2.75) is 40.0 Å². The van der Waals surface area contributed by atoms with Crippen molar-refractivity contribution in [2.75, 3.05) is 19.6 Å². The van der Waals surface area contributed by atoms with Gasteiger partial charge in [0.2, 0.25) is 0 Å². The zero-order valence-corrected chi connectivity index (χ0v) is 12.9. The second-order valence-electron chi connectivity index (χ2n) is 5.08. The molecule has 0 radical (unpaired) electrons. The highest BCUT2D eigenvalue weighted by atomic mass is 32.1. The Labute approximate surface area is 119 Å². The molecule has 0 aromatic carbocycles. The summed E-state index contributed by atoms with van der Waals surface area (Å²) in [6.45, 7) is 9.05. The Hall–Kier alpha value is -1.10. The van der Waals surface area contributed by atoms with E-state index in [4.69, 9.17) is 0 Å². The molecule has 0 unspecified atom stereocenters. The molecule has 1 aromatic rings. The molecule has 1 aliphatic carbocycles. The van der Waals surface area contributed by atoms with Crippen molar-refractivity contribution in [1.29, 1.82) is 0 Å². The predicted molar refractivity (Wildman–Crippen MR) is 82.0 cm³/mol. The van der Waals surface area contributed by atoms with Crippen LogP contribution in [0.4, 0.5) is 0 Å². The maximum Gasteiger partial charge on any atom is 0.191 e. The molecule has 0 spiro atoms. The average molecular weight is 280 g/mol. The Bertz CT molecular complexity index is 435. The van der Waals surface area contributed by atoms with Crippen LogP contribution in [-0.4, -0.2) is 30.6 Å². The maximum atomic E-state index is 4.62. The molecule has 1 heterocycles. The molecule has 106 valence electrons. The SMILES string of the molecule is CCNC(=NCC1CC1)NCCc1sc(C)nc1C. The number of nitrogens with one attached hydrogen (secondary N) is 2. The van der Waals surface area contributed by atoms with Crippen LogP contribution >= 0.6 is 11.3 Å². The van der Waals surface area contributed by atoms with E-state index in [-0.39, 0.29) is 0 Å². The zero-order valence-electron chi connectivity index (χ0n) is 12.1. The van der Waals surface area contributed by atoms with Crippen LogP contribution in [0.1, 0.15) is 35.3 Å². The van der Waals surface area contributed by atoms with Crippen molar-refractivity contribution in [3.05, 3.63) is 15.6 Å². The minimum Gasteiger partial charge on any atom is -0.357 e. The van der Waals surface area contributed by atoms with E-state index < -0.39 is 0 Å². The molecule has 0 aliphatic heterocycles. The normalized spacial score (nSPS) is 15.6. The molecule has 19 heavy (non-hydrogen) atoms. The second-order valence-corrected chi connectivity index (χ2v) is 6.37. The predicted octanol–water partition coefficient (Wildman–Crippen LogP) is 2.27. The van der Waals surface area contributed by atoms with E-state index in [0.29, 0.717) is 0 Å². The first-order chi connectivity index (χ1) is 9.19. The number of nitrogens with zero attached hydrogens (tertiary/aromatic N) is 2. The summed E-state index contributed by atoms with van der Waals surface area (Å²) in [5.74, 6) is 1.79. The molecule has 0 saturated heterocycles. The van der Waals surface area contributed by atoms with Gasteiger partial charge in [-0.1, -0.05) is 0 Å². The molecule has 0 bridgehead atoms. The lowest BCUT2D eigenvalue weighted by Gasteiger charge is -2.10. The highest BCUT2D eigenvalue weighted by Crippen LogP contribution is 2.28. The highest BCUT2D eigenvalue weighted by Gasteiger charge is 2.20. The van der Waals surface area contributed by atoms with Crippen molar-refractivity contribution in [3.8, 4) is 0 Å². The van der Waals surface area contributed by atoms with Gasteiger partial charge in [-0.15, -0.1) is 11.3 Å². The number of thiazole rings is 1. The second kappa shape index (κ2) is 6.89. The number of rotatable bonds is 6. The van der Waals surface area contributed by atoms with Crippen LogP contribution in [0, 0.1) is 19.8 Å². The van der Waals surface area contributed by atoms with Crippen molar-refractivity contribution < 1.29 is 0 Å². The molecule has 1 fully saturated rings. The maximum absolute atomic E-state index is 4.62. The lowest BCUT2D eigenvalue weighted by Crippen LogP contribution is -2.38. The van der Waals surface area contributed by atoms with Crippen LogP contribution in [0.15, 0.2) is 4.99 Å². The summed E-state index contributed by atoms with van der Waals surface area (Å²) in [4.78, 5) is 10.5. The molecule has 0 amide bonds. The Morgan fingerprint density at radius 3 is 2.74 bits per heavy atom. The van der Waals surface area contributed by atoms with Gasteiger partial charge in [-0.25, -0.2) is 4.98 Å². The summed E-state index contributed by atoms with van der Waals surface area (Å²) in [7, 11) is 0. The van der Waals surface area contributed by atoms with Gasteiger partial charge in [0.1, 0.15) is 0 Å². The Balaban J connectivity index is 1.77. The van der Waals surface area contributed by atoms with Crippen LogP contribution in [0.2, 0.25) is 0 Å². The van der Waals surface area contributed by atoms with Crippen LogP contribution in [0.25, 0.3) is 0 Å². The fourth-order valence-electron chi connectivity index (χ4n) is 1.96. The Morgan fingerprint density at radius 1 is 1.37 bits per heavy atom. The molecule has 1 aliphatic rings. The van der Waals surface area contributed by atoms with Gasteiger partial charge in [0, 0.05) is 30.9 Å². The number of aliphatic imine (C=N–C) groups is 1. The molecule has 0 atom stereocenters. The summed E-state index contributed by atoms with van der Waals surface area (Å²) in [5, 5.41) is 7.86. The first-order valence-electron chi connectivity index (χ1n) is 7.14. The third kappa shape index (κ3) is 4.82. The van der Waals surface area contributed by atoms with E-state index in [1.165, 1.54) is 23.4 Å². The standard InChI is InChI=1S/C14H24N4S/c1-4-15-14(17-9-12-5-6-12)16-8-7-13-10(2)18-11(3)19-13/h12H,4-9H2,1-3H3,(H2,15,16,17). The molecular formula is C14H24N4S. The lowest BCUT2D eigenvalue weighted by molar-refractivity contribution is 0.778. The molecule has 1 aromatic heterocycles. The van der Waals surface area contributed by atoms with Crippen LogP contribution < -0.4 is 10.6 Å². The van der Waals surface area contributed by atoms with Crippen molar-refractivity contribution in [2.24, 2.45) is 10.9 Å². The first kappa shape index (κ1) is 14.3. The number of hydrogen-bond donors (Lipinski definition) is 2. The van der Waals surface area contributed by atoms with E-state index in [1.54, 1.807) is 11.3 Å². The number of aryl methyl sites for hydroxylation is 2. The zero-order chi connectivity index (χ0) is 13.7. The van der Waals surface area contributed by atoms with Crippen molar-refractivity contribution in [3.63, 3.8) is 0 Å². The van der Waals surface area contributed by atoms with Gasteiger partial charge in [-0.2, -0.15) is 0 Å². The lowest BCUT2D eigenvalue weighted by atomic mass is 10.3. The summed E-state index contributed by atoms with van der Waals surface area (Å²) in [5.41, 5.74) is 1.17. The number of aromatic nitrogens is 1.